The zero-order valence-electron chi connectivity index (χ0n) is 9.43. The summed E-state index contributed by atoms with van der Waals surface area (Å²) in [6.45, 7) is 2.79. The molecule has 0 bridgehead atoms. The van der Waals surface area contributed by atoms with Crippen molar-refractivity contribution in [1.82, 2.24) is 10.2 Å². The number of aliphatic imine (C=N–C) groups is 1. The lowest BCUT2D eigenvalue weighted by Gasteiger charge is -2.07. The highest BCUT2D eigenvalue weighted by Crippen LogP contribution is 2.22. The Balaban J connectivity index is 2.34. The first-order valence-corrected chi connectivity index (χ1v) is 6.71. The van der Waals surface area contributed by atoms with Crippen molar-refractivity contribution in [3.63, 3.8) is 0 Å². The van der Waals surface area contributed by atoms with E-state index in [4.69, 9.17) is 11.6 Å². The molecule has 0 saturated carbocycles. The minimum Gasteiger partial charge on any atom is -0.278 e. The molecule has 1 aliphatic heterocycles. The minimum atomic E-state index is 0.398. The highest BCUT2D eigenvalue weighted by Gasteiger charge is 2.12. The summed E-state index contributed by atoms with van der Waals surface area (Å²) in [5.74, 6) is 1.000. The molecular weight excluding hydrogens is 254 g/mol. The number of allylic oxidation sites excluding steroid dienone is 3. The predicted octanol–water partition coefficient (Wildman–Crippen LogP) is 3.13. The molecule has 0 atom stereocenters. The van der Waals surface area contributed by atoms with Crippen LogP contribution in [0, 0.1) is 0 Å². The van der Waals surface area contributed by atoms with E-state index in [1.165, 1.54) is 0 Å². The molecule has 1 aromatic heterocycles. The van der Waals surface area contributed by atoms with Gasteiger partial charge in [-0.25, -0.2) is 0 Å². The highest BCUT2D eigenvalue weighted by atomic mass is 35.5. The van der Waals surface area contributed by atoms with E-state index >= 15 is 0 Å². The van der Waals surface area contributed by atoms with Crippen LogP contribution in [-0.2, 0) is 0 Å². The Labute approximate surface area is 110 Å². The van der Waals surface area contributed by atoms with Gasteiger partial charge in [-0.1, -0.05) is 30.7 Å². The van der Waals surface area contributed by atoms with E-state index in [0.717, 1.165) is 22.1 Å². The van der Waals surface area contributed by atoms with Crippen molar-refractivity contribution in [2.24, 2.45) is 4.99 Å². The van der Waals surface area contributed by atoms with Crippen LogP contribution in [0.25, 0.3) is 0 Å². The summed E-state index contributed by atoms with van der Waals surface area (Å²) in [7, 11) is 0. The maximum atomic E-state index is 5.73. The quantitative estimate of drug-likeness (QED) is 0.843. The molecule has 1 aliphatic rings. The van der Waals surface area contributed by atoms with Crippen molar-refractivity contribution in [1.29, 1.82) is 0 Å². The Morgan fingerprint density at radius 2 is 2.24 bits per heavy atom. The third-order valence-electron chi connectivity index (χ3n) is 2.15. The molecule has 5 heteroatoms. The topological polar surface area (TPSA) is 38.1 Å². The van der Waals surface area contributed by atoms with Crippen molar-refractivity contribution < 1.29 is 0 Å². The number of aromatic nitrogens is 2. The maximum Gasteiger partial charge on any atom is 0.151 e. The molecule has 0 unspecified atom stereocenters. The molecule has 17 heavy (non-hydrogen) atoms. The molecule has 1 aromatic rings. The molecule has 3 nitrogen and oxygen atoms in total. The van der Waals surface area contributed by atoms with Gasteiger partial charge in [-0.3, -0.25) is 4.99 Å². The number of thioether (sulfide) groups is 1. The van der Waals surface area contributed by atoms with Crippen LogP contribution in [-0.4, -0.2) is 28.2 Å². The van der Waals surface area contributed by atoms with E-state index < -0.39 is 0 Å². The Morgan fingerprint density at radius 3 is 2.94 bits per heavy atom. The van der Waals surface area contributed by atoms with E-state index in [1.807, 2.05) is 18.2 Å². The summed E-state index contributed by atoms with van der Waals surface area (Å²) in [5, 5.41) is 8.34. The highest BCUT2D eigenvalue weighted by molar-refractivity contribution is 8.04. The van der Waals surface area contributed by atoms with Crippen LogP contribution >= 0.6 is 23.4 Å². The summed E-state index contributed by atoms with van der Waals surface area (Å²) < 4.78 is 0. The minimum absolute atomic E-state index is 0.398. The summed E-state index contributed by atoms with van der Waals surface area (Å²) in [4.78, 5) is 5.64. The molecule has 0 aliphatic carbocycles. The Morgan fingerprint density at radius 1 is 1.35 bits per heavy atom. The molecule has 0 fully saturated rings. The molecule has 2 rings (SSSR count). The van der Waals surface area contributed by atoms with Gasteiger partial charge >= 0.3 is 0 Å². The van der Waals surface area contributed by atoms with Crippen LogP contribution in [0.2, 0.25) is 5.15 Å². The van der Waals surface area contributed by atoms with Gasteiger partial charge in [0.1, 0.15) is 5.69 Å². The van der Waals surface area contributed by atoms with Crippen LogP contribution < -0.4 is 0 Å². The number of nitrogens with zero attached hydrogens (tertiary/aromatic N) is 3. The molecule has 88 valence electrons. The number of hydrogen-bond donors (Lipinski definition) is 0. The van der Waals surface area contributed by atoms with Gasteiger partial charge in [0.25, 0.3) is 0 Å². The van der Waals surface area contributed by atoms with Crippen LogP contribution in [0.5, 0.6) is 0 Å². The summed E-state index contributed by atoms with van der Waals surface area (Å²) in [6, 6.07) is 3.59. The van der Waals surface area contributed by atoms with Gasteiger partial charge in [0.15, 0.2) is 5.15 Å². The van der Waals surface area contributed by atoms with Gasteiger partial charge in [0.2, 0.25) is 0 Å². The second-order valence-corrected chi connectivity index (χ2v) is 5.02. The van der Waals surface area contributed by atoms with Gasteiger partial charge in [0.05, 0.1) is 12.3 Å². The van der Waals surface area contributed by atoms with Gasteiger partial charge in [0, 0.05) is 4.91 Å². The second kappa shape index (κ2) is 5.98. The number of halogens is 1. The van der Waals surface area contributed by atoms with Crippen molar-refractivity contribution >= 4 is 29.1 Å². The zero-order chi connectivity index (χ0) is 12.1. The molecule has 0 N–H and O–H groups in total. The summed E-state index contributed by atoms with van der Waals surface area (Å²) in [6.07, 6.45) is 6.11. The van der Waals surface area contributed by atoms with E-state index in [2.05, 4.69) is 28.2 Å². The number of rotatable bonds is 3. The average molecular weight is 266 g/mol. The van der Waals surface area contributed by atoms with Crippen LogP contribution in [0.4, 0.5) is 0 Å². The second-order valence-electron chi connectivity index (χ2n) is 3.32. The largest absolute Gasteiger partial charge is 0.278 e. The first kappa shape index (κ1) is 12.3. The molecule has 0 saturated heterocycles. The summed E-state index contributed by atoms with van der Waals surface area (Å²) in [5.41, 5.74) is 1.66. The maximum absolute atomic E-state index is 5.73. The van der Waals surface area contributed by atoms with Gasteiger partial charge in [-0.05, 0) is 24.0 Å². The lowest BCUT2D eigenvalue weighted by molar-refractivity contribution is 1.01. The van der Waals surface area contributed by atoms with E-state index in [9.17, 15) is 0 Å². The van der Waals surface area contributed by atoms with Crippen molar-refractivity contribution in [2.75, 3.05) is 12.3 Å². The lowest BCUT2D eigenvalue weighted by atomic mass is 10.2. The average Bonchev–Trinajstić information content (AvgIpc) is 2.56. The Hall–Kier alpha value is -1.13. The molecule has 0 aromatic carbocycles. The van der Waals surface area contributed by atoms with E-state index in [1.54, 1.807) is 17.8 Å². The standard InChI is InChI=1S/C12H12ClN3S/c1-2-17-10-5-3-4-8-14-12(10)9-6-7-11(13)16-15-9/h3-7H,2,8H2,1H3. The van der Waals surface area contributed by atoms with E-state index in [-0.39, 0.29) is 0 Å². The smallest absolute Gasteiger partial charge is 0.151 e. The molecule has 0 amide bonds. The zero-order valence-corrected chi connectivity index (χ0v) is 11.0. The fourth-order valence-corrected chi connectivity index (χ4v) is 2.33. The molecule has 0 spiro atoms. The van der Waals surface area contributed by atoms with Crippen molar-refractivity contribution in [2.45, 2.75) is 6.92 Å². The third-order valence-corrected chi connectivity index (χ3v) is 3.28. The van der Waals surface area contributed by atoms with Crippen LogP contribution in [0.1, 0.15) is 12.6 Å². The monoisotopic (exact) mass is 265 g/mol. The molecule has 0 radical (unpaired) electrons. The van der Waals surface area contributed by atoms with Crippen LogP contribution in [0.15, 0.2) is 40.3 Å². The lowest BCUT2D eigenvalue weighted by Crippen LogP contribution is -2.07. The third kappa shape index (κ3) is 3.17. The van der Waals surface area contributed by atoms with Gasteiger partial charge in [-0.2, -0.15) is 0 Å². The first-order valence-electron chi connectivity index (χ1n) is 5.35. The fraction of sp³-hybridized carbons (Fsp3) is 0.250. The summed E-state index contributed by atoms with van der Waals surface area (Å²) >= 11 is 7.49. The van der Waals surface area contributed by atoms with Crippen molar-refractivity contribution in [3.05, 3.63) is 46.1 Å². The fourth-order valence-electron chi connectivity index (χ4n) is 1.44. The molecule has 2 heterocycles. The Bertz CT molecular complexity index is 477. The molecular formula is C12H12ClN3S. The van der Waals surface area contributed by atoms with Crippen molar-refractivity contribution in [3.8, 4) is 0 Å². The normalized spacial score (nSPS) is 15.2. The number of hydrogen-bond acceptors (Lipinski definition) is 4. The SMILES string of the molecule is CCSC1=CC=CCN=C1c1ccc(Cl)nn1. The predicted molar refractivity (Wildman–Crippen MR) is 73.8 cm³/mol. The van der Waals surface area contributed by atoms with Gasteiger partial charge in [-0.15, -0.1) is 22.0 Å². The first-order chi connectivity index (χ1) is 8.31. The van der Waals surface area contributed by atoms with Gasteiger partial charge < -0.3 is 0 Å². The Kier molecular flexibility index (Phi) is 4.34. The van der Waals surface area contributed by atoms with E-state index in [0.29, 0.717) is 11.7 Å². The van der Waals surface area contributed by atoms with Crippen LogP contribution in [0.3, 0.4) is 0 Å².